The molecule has 0 radical (unpaired) electrons. The summed E-state index contributed by atoms with van der Waals surface area (Å²) in [6.07, 6.45) is 0. The van der Waals surface area contributed by atoms with E-state index in [9.17, 15) is 4.79 Å². The summed E-state index contributed by atoms with van der Waals surface area (Å²) in [7, 11) is 1.75. The second kappa shape index (κ2) is 6.04. The molecule has 2 heterocycles. The Bertz CT molecular complexity index is 857. The van der Waals surface area contributed by atoms with Crippen LogP contribution in [-0.2, 0) is 4.79 Å². The molecule has 3 rings (SSSR count). The Balaban J connectivity index is 2.04. The van der Waals surface area contributed by atoms with Crippen molar-refractivity contribution >= 4 is 23.2 Å². The van der Waals surface area contributed by atoms with Crippen molar-refractivity contribution in [1.29, 1.82) is 0 Å². The maximum absolute atomic E-state index is 11.5. The van der Waals surface area contributed by atoms with Gasteiger partial charge in [-0.1, -0.05) is 12.1 Å². The molecule has 0 aliphatic heterocycles. The number of carbonyl (C=O) groups excluding carboxylic acids is 1. The number of benzene rings is 1. The van der Waals surface area contributed by atoms with Crippen molar-refractivity contribution in [2.75, 3.05) is 23.8 Å². The van der Waals surface area contributed by atoms with Crippen LogP contribution < -0.4 is 10.2 Å². The summed E-state index contributed by atoms with van der Waals surface area (Å²) >= 11 is 0. The predicted molar refractivity (Wildman–Crippen MR) is 89.5 cm³/mol. The van der Waals surface area contributed by atoms with Gasteiger partial charge in [0, 0.05) is 31.8 Å². The van der Waals surface area contributed by atoms with Crippen molar-refractivity contribution in [2.24, 2.45) is 0 Å². The van der Waals surface area contributed by atoms with E-state index in [0.29, 0.717) is 11.6 Å². The molecular weight excluding hydrogens is 292 g/mol. The summed E-state index contributed by atoms with van der Waals surface area (Å²) in [4.78, 5) is 13.1. The van der Waals surface area contributed by atoms with Gasteiger partial charge in [0.05, 0.1) is 5.69 Å². The van der Waals surface area contributed by atoms with Gasteiger partial charge in [-0.15, -0.1) is 10.2 Å². The van der Waals surface area contributed by atoms with Crippen LogP contribution in [0.4, 0.5) is 11.6 Å². The van der Waals surface area contributed by atoms with E-state index in [1.807, 2.05) is 43.3 Å². The van der Waals surface area contributed by atoms with Crippen molar-refractivity contribution < 1.29 is 4.79 Å². The van der Waals surface area contributed by atoms with Gasteiger partial charge in [-0.25, -0.2) is 0 Å². The zero-order chi connectivity index (χ0) is 16.4. The van der Waals surface area contributed by atoms with Gasteiger partial charge in [-0.3, -0.25) is 4.79 Å². The topological polar surface area (TPSA) is 75.4 Å². The van der Waals surface area contributed by atoms with E-state index in [1.165, 1.54) is 6.92 Å². The molecule has 7 nitrogen and oxygen atoms in total. The minimum absolute atomic E-state index is 0.0150. The highest BCUT2D eigenvalue weighted by Crippen LogP contribution is 2.23. The number of fused-ring (bicyclic) bond motifs is 1. The van der Waals surface area contributed by atoms with E-state index in [0.717, 1.165) is 23.5 Å². The second-order valence-corrected chi connectivity index (χ2v) is 5.17. The summed E-state index contributed by atoms with van der Waals surface area (Å²) in [5, 5.41) is 15.9. The highest BCUT2D eigenvalue weighted by Gasteiger charge is 2.10. The average Bonchev–Trinajstić information content (AvgIpc) is 2.97. The summed E-state index contributed by atoms with van der Waals surface area (Å²) < 4.78 is 1.68. The maximum atomic E-state index is 11.5. The van der Waals surface area contributed by atoms with Crippen LogP contribution in [0, 0.1) is 0 Å². The first-order valence-electron chi connectivity index (χ1n) is 7.41. The second-order valence-electron chi connectivity index (χ2n) is 5.17. The molecule has 23 heavy (non-hydrogen) atoms. The highest BCUT2D eigenvalue weighted by atomic mass is 16.2. The van der Waals surface area contributed by atoms with Crippen molar-refractivity contribution in [3.05, 3.63) is 36.4 Å². The van der Waals surface area contributed by atoms with Crippen LogP contribution in [0.2, 0.25) is 0 Å². The molecule has 118 valence electrons. The van der Waals surface area contributed by atoms with Crippen LogP contribution in [0.5, 0.6) is 0 Å². The lowest BCUT2D eigenvalue weighted by atomic mass is 10.1. The van der Waals surface area contributed by atoms with Gasteiger partial charge >= 0.3 is 0 Å². The van der Waals surface area contributed by atoms with Gasteiger partial charge in [0.2, 0.25) is 11.9 Å². The molecule has 0 atom stereocenters. The number of hydrogen-bond acceptors (Lipinski definition) is 5. The molecule has 1 N–H and O–H groups in total. The molecule has 1 amide bonds. The van der Waals surface area contributed by atoms with Gasteiger partial charge in [0.25, 0.3) is 0 Å². The fraction of sp³-hybridized carbons (Fsp3) is 0.250. The highest BCUT2D eigenvalue weighted by molar-refractivity contribution is 5.91. The minimum Gasteiger partial charge on any atom is -0.353 e. The Hall–Kier alpha value is -2.96. The molecule has 3 aromatic rings. The third kappa shape index (κ3) is 2.85. The van der Waals surface area contributed by atoms with E-state index < -0.39 is 0 Å². The number of nitrogens with zero attached hydrogens (tertiary/aromatic N) is 5. The van der Waals surface area contributed by atoms with Gasteiger partial charge in [0.15, 0.2) is 5.65 Å². The van der Waals surface area contributed by atoms with Crippen LogP contribution in [-0.4, -0.2) is 39.3 Å². The van der Waals surface area contributed by atoms with Crippen molar-refractivity contribution in [2.45, 2.75) is 13.8 Å². The van der Waals surface area contributed by atoms with Crippen LogP contribution in [0.15, 0.2) is 36.4 Å². The quantitative estimate of drug-likeness (QED) is 0.799. The summed E-state index contributed by atoms with van der Waals surface area (Å²) in [5.74, 6) is 0.597. The number of amides is 1. The Morgan fingerprint density at radius 1 is 1.26 bits per heavy atom. The first-order valence-corrected chi connectivity index (χ1v) is 7.41. The molecule has 7 heteroatoms. The van der Waals surface area contributed by atoms with Gasteiger partial charge in [-0.05, 0) is 31.2 Å². The van der Waals surface area contributed by atoms with Gasteiger partial charge in [-0.2, -0.15) is 9.61 Å². The van der Waals surface area contributed by atoms with E-state index in [1.54, 1.807) is 16.5 Å². The Morgan fingerprint density at radius 2 is 2.09 bits per heavy atom. The summed E-state index contributed by atoms with van der Waals surface area (Å²) in [6.45, 7) is 4.27. The molecule has 0 spiro atoms. The first kappa shape index (κ1) is 15.0. The molecule has 0 aliphatic rings. The van der Waals surface area contributed by atoms with E-state index >= 15 is 0 Å². The molecule has 0 aliphatic carbocycles. The van der Waals surface area contributed by atoms with Crippen molar-refractivity contribution in [1.82, 2.24) is 19.8 Å². The molecule has 0 unspecified atom stereocenters. The molecule has 0 fully saturated rings. The standard InChI is InChI=1S/C16H18N6O/c1-4-17-16-19-18-15-9-8-14(20-22(15)16)12-6-5-7-13(10-12)21(3)11(2)23/h5-10H,4H2,1-3H3,(H,17,19). The number of aromatic nitrogens is 4. The number of rotatable bonds is 4. The molecule has 0 saturated carbocycles. The van der Waals surface area contributed by atoms with Crippen LogP contribution in [0.1, 0.15) is 13.8 Å². The smallest absolute Gasteiger partial charge is 0.246 e. The van der Waals surface area contributed by atoms with Crippen LogP contribution >= 0.6 is 0 Å². The van der Waals surface area contributed by atoms with E-state index in [-0.39, 0.29) is 5.91 Å². The first-order chi connectivity index (χ1) is 11.1. The molecule has 0 bridgehead atoms. The normalized spacial score (nSPS) is 10.7. The monoisotopic (exact) mass is 310 g/mol. The van der Waals surface area contributed by atoms with Gasteiger partial charge in [0.1, 0.15) is 0 Å². The Labute approximate surface area is 133 Å². The lowest BCUT2D eigenvalue weighted by Gasteiger charge is -2.15. The third-order valence-corrected chi connectivity index (χ3v) is 3.60. The molecule has 0 saturated heterocycles. The van der Waals surface area contributed by atoms with E-state index in [2.05, 4.69) is 20.6 Å². The SMILES string of the molecule is CCNc1nnc2ccc(-c3cccc(N(C)C(C)=O)c3)nn12. The van der Waals surface area contributed by atoms with Gasteiger partial charge < -0.3 is 10.2 Å². The largest absolute Gasteiger partial charge is 0.353 e. The predicted octanol–water partition coefficient (Wildman–Crippen LogP) is 2.21. The molecule has 2 aromatic heterocycles. The number of hydrogen-bond donors (Lipinski definition) is 1. The Kier molecular flexibility index (Phi) is 3.92. The zero-order valence-corrected chi connectivity index (χ0v) is 13.3. The summed E-state index contributed by atoms with van der Waals surface area (Å²) in [6, 6.07) is 11.5. The fourth-order valence-electron chi connectivity index (χ4n) is 2.27. The lowest BCUT2D eigenvalue weighted by molar-refractivity contribution is -0.116. The zero-order valence-electron chi connectivity index (χ0n) is 13.3. The minimum atomic E-state index is -0.0150. The molecule has 1 aromatic carbocycles. The third-order valence-electron chi connectivity index (χ3n) is 3.60. The number of carbonyl (C=O) groups is 1. The summed E-state index contributed by atoms with van der Waals surface area (Å²) in [5.41, 5.74) is 3.22. The van der Waals surface area contributed by atoms with Crippen molar-refractivity contribution in [3.8, 4) is 11.3 Å². The number of nitrogens with one attached hydrogen (secondary N) is 1. The number of anilines is 2. The maximum Gasteiger partial charge on any atom is 0.246 e. The van der Waals surface area contributed by atoms with Crippen LogP contribution in [0.25, 0.3) is 16.9 Å². The van der Waals surface area contributed by atoms with E-state index in [4.69, 9.17) is 0 Å². The van der Waals surface area contributed by atoms with Crippen molar-refractivity contribution in [3.63, 3.8) is 0 Å². The molecular formula is C16H18N6O. The average molecular weight is 310 g/mol. The fourth-order valence-corrected chi connectivity index (χ4v) is 2.27. The Morgan fingerprint density at radius 3 is 2.83 bits per heavy atom. The van der Waals surface area contributed by atoms with Crippen LogP contribution in [0.3, 0.4) is 0 Å². The lowest BCUT2D eigenvalue weighted by Crippen LogP contribution is -2.22.